The second-order valence-corrected chi connectivity index (χ2v) is 6.88. The second-order valence-electron chi connectivity index (χ2n) is 5.13. The van der Waals surface area contributed by atoms with Gasteiger partial charge in [-0.15, -0.1) is 0 Å². The molecule has 1 saturated heterocycles. The number of aromatic nitrogens is 2. The molecule has 2 heterocycles. The summed E-state index contributed by atoms with van der Waals surface area (Å²) in [6, 6.07) is 1.86. The van der Waals surface area contributed by atoms with Gasteiger partial charge in [0.25, 0.3) is 10.2 Å². The highest BCUT2D eigenvalue weighted by Gasteiger charge is 2.26. The van der Waals surface area contributed by atoms with E-state index < -0.39 is 10.2 Å². The quantitative estimate of drug-likeness (QED) is 0.788. The van der Waals surface area contributed by atoms with Crippen molar-refractivity contribution in [3.63, 3.8) is 0 Å². The smallest absolute Gasteiger partial charge is 0.273 e. The van der Waals surface area contributed by atoms with Crippen molar-refractivity contribution >= 4 is 10.2 Å². The first-order valence-electron chi connectivity index (χ1n) is 6.80. The predicted molar refractivity (Wildman–Crippen MR) is 73.7 cm³/mol. The van der Waals surface area contributed by atoms with Gasteiger partial charge in [0.1, 0.15) is 0 Å². The van der Waals surface area contributed by atoms with Gasteiger partial charge in [-0.05, 0) is 31.2 Å². The molecule has 108 valence electrons. The molecule has 1 N–H and O–H groups in total. The lowest BCUT2D eigenvalue weighted by Gasteiger charge is -2.29. The average molecular weight is 286 g/mol. The van der Waals surface area contributed by atoms with Gasteiger partial charge in [0.15, 0.2) is 0 Å². The predicted octanol–water partition coefficient (Wildman–Crippen LogP) is 0.839. The third-order valence-electron chi connectivity index (χ3n) is 3.37. The van der Waals surface area contributed by atoms with E-state index in [4.69, 9.17) is 0 Å². The van der Waals surface area contributed by atoms with E-state index in [1.807, 2.05) is 12.3 Å². The van der Waals surface area contributed by atoms with Gasteiger partial charge in [-0.2, -0.15) is 17.8 Å². The van der Waals surface area contributed by atoms with E-state index in [9.17, 15) is 8.42 Å². The molecule has 1 fully saturated rings. The molecule has 0 aliphatic carbocycles. The number of rotatable bonds is 6. The van der Waals surface area contributed by atoms with Gasteiger partial charge in [0.2, 0.25) is 0 Å². The van der Waals surface area contributed by atoms with Gasteiger partial charge < -0.3 is 0 Å². The minimum Gasteiger partial charge on any atom is -0.273 e. The Kier molecular flexibility index (Phi) is 4.95. The lowest BCUT2D eigenvalue weighted by molar-refractivity contribution is 0.278. The van der Waals surface area contributed by atoms with Crippen LogP contribution in [0.25, 0.3) is 0 Å². The van der Waals surface area contributed by atoms with Crippen LogP contribution < -0.4 is 4.72 Å². The fraction of sp³-hybridized carbons (Fsp3) is 0.750. The molecule has 0 saturated carbocycles. The summed E-state index contributed by atoms with van der Waals surface area (Å²) in [5, 5.41) is 4.08. The number of hydrogen-bond donors (Lipinski definition) is 1. The maximum atomic E-state index is 12.1. The Balaban J connectivity index is 1.74. The number of aryl methyl sites for hydroxylation is 1. The van der Waals surface area contributed by atoms with Crippen LogP contribution in [-0.4, -0.2) is 42.1 Å². The molecule has 1 aliphatic rings. The summed E-state index contributed by atoms with van der Waals surface area (Å²) in [5.74, 6) is 0.453. The molecule has 1 aromatic heterocycles. The van der Waals surface area contributed by atoms with Crippen LogP contribution in [-0.2, 0) is 16.8 Å². The van der Waals surface area contributed by atoms with Crippen molar-refractivity contribution in [1.82, 2.24) is 18.8 Å². The maximum absolute atomic E-state index is 12.1. The van der Waals surface area contributed by atoms with Crippen LogP contribution in [0.5, 0.6) is 0 Å². The van der Waals surface area contributed by atoms with E-state index in [1.165, 1.54) is 0 Å². The van der Waals surface area contributed by atoms with Crippen molar-refractivity contribution in [3.05, 3.63) is 18.5 Å². The molecule has 0 unspecified atom stereocenters. The summed E-state index contributed by atoms with van der Waals surface area (Å²) in [5.41, 5.74) is 0. The lowest BCUT2D eigenvalue weighted by atomic mass is 10.0. The molecule has 7 heteroatoms. The summed E-state index contributed by atoms with van der Waals surface area (Å²) in [6.07, 6.45) is 6.41. The zero-order valence-electron chi connectivity index (χ0n) is 11.3. The summed E-state index contributed by atoms with van der Waals surface area (Å²) in [4.78, 5) is 0. The number of nitrogens with one attached hydrogen (secondary N) is 1. The Morgan fingerprint density at radius 1 is 1.47 bits per heavy atom. The number of nitrogens with zero attached hydrogens (tertiary/aromatic N) is 3. The molecule has 19 heavy (non-hydrogen) atoms. The van der Waals surface area contributed by atoms with Gasteiger partial charge >= 0.3 is 0 Å². The summed E-state index contributed by atoms with van der Waals surface area (Å²) in [7, 11) is -3.30. The molecule has 0 amide bonds. The molecule has 0 bridgehead atoms. The first-order valence-corrected chi connectivity index (χ1v) is 8.24. The van der Waals surface area contributed by atoms with Crippen LogP contribution in [0.3, 0.4) is 0 Å². The SMILES string of the molecule is C[C@H]1CCCN(S(=O)(=O)NCCCn2cccn2)C1. The van der Waals surface area contributed by atoms with Gasteiger partial charge in [-0.25, -0.2) is 4.72 Å². The minimum atomic E-state index is -3.30. The molecule has 1 aromatic rings. The van der Waals surface area contributed by atoms with E-state index in [0.717, 1.165) is 25.8 Å². The number of hydrogen-bond acceptors (Lipinski definition) is 3. The Morgan fingerprint density at radius 3 is 3.00 bits per heavy atom. The summed E-state index contributed by atoms with van der Waals surface area (Å²) >= 11 is 0. The van der Waals surface area contributed by atoms with E-state index in [-0.39, 0.29) is 0 Å². The molecule has 6 nitrogen and oxygen atoms in total. The monoisotopic (exact) mass is 286 g/mol. The van der Waals surface area contributed by atoms with Crippen molar-refractivity contribution in [2.24, 2.45) is 5.92 Å². The minimum absolute atomic E-state index is 0.451. The lowest BCUT2D eigenvalue weighted by Crippen LogP contribution is -2.45. The van der Waals surface area contributed by atoms with Crippen molar-refractivity contribution in [1.29, 1.82) is 0 Å². The van der Waals surface area contributed by atoms with Crippen molar-refractivity contribution in [2.75, 3.05) is 19.6 Å². The van der Waals surface area contributed by atoms with Crippen LogP contribution in [0.4, 0.5) is 0 Å². The first kappa shape index (κ1) is 14.5. The fourth-order valence-electron chi connectivity index (χ4n) is 2.33. The summed E-state index contributed by atoms with van der Waals surface area (Å²) in [6.45, 7) is 4.55. The molecular weight excluding hydrogens is 264 g/mol. The summed E-state index contributed by atoms with van der Waals surface area (Å²) < 4.78 is 30.2. The average Bonchev–Trinajstić information content (AvgIpc) is 2.88. The zero-order valence-corrected chi connectivity index (χ0v) is 12.1. The highest BCUT2D eigenvalue weighted by molar-refractivity contribution is 7.87. The van der Waals surface area contributed by atoms with Crippen LogP contribution in [0, 0.1) is 5.92 Å². The third-order valence-corrected chi connectivity index (χ3v) is 4.95. The van der Waals surface area contributed by atoms with Crippen LogP contribution in [0.1, 0.15) is 26.2 Å². The molecule has 0 spiro atoms. The van der Waals surface area contributed by atoms with Crippen molar-refractivity contribution in [2.45, 2.75) is 32.7 Å². The Morgan fingerprint density at radius 2 is 2.32 bits per heavy atom. The molecule has 1 aliphatic heterocycles. The zero-order chi connectivity index (χ0) is 13.7. The van der Waals surface area contributed by atoms with Gasteiger partial charge in [-0.1, -0.05) is 6.92 Å². The highest BCUT2D eigenvalue weighted by Crippen LogP contribution is 2.17. The highest BCUT2D eigenvalue weighted by atomic mass is 32.2. The van der Waals surface area contributed by atoms with E-state index in [0.29, 0.717) is 25.6 Å². The third kappa shape index (κ3) is 4.29. The topological polar surface area (TPSA) is 67.2 Å². The van der Waals surface area contributed by atoms with Gasteiger partial charge in [-0.3, -0.25) is 4.68 Å². The van der Waals surface area contributed by atoms with E-state index in [2.05, 4.69) is 16.7 Å². The standard InChI is InChI=1S/C12H22N4O2S/c1-12-5-2-10-16(11-12)19(17,18)14-7-4-9-15-8-3-6-13-15/h3,6,8,12,14H,2,4-5,7,9-11H2,1H3/t12-/m0/s1. The Bertz CT molecular complexity index is 472. The molecule has 2 rings (SSSR count). The van der Waals surface area contributed by atoms with Crippen LogP contribution in [0.2, 0.25) is 0 Å². The van der Waals surface area contributed by atoms with E-state index >= 15 is 0 Å². The molecule has 0 aromatic carbocycles. The van der Waals surface area contributed by atoms with Crippen molar-refractivity contribution < 1.29 is 8.42 Å². The van der Waals surface area contributed by atoms with E-state index in [1.54, 1.807) is 15.2 Å². The Hall–Kier alpha value is -0.920. The van der Waals surface area contributed by atoms with Gasteiger partial charge in [0.05, 0.1) is 0 Å². The number of piperidine rings is 1. The van der Waals surface area contributed by atoms with Gasteiger partial charge in [0, 0.05) is 38.6 Å². The molecular formula is C12H22N4O2S. The van der Waals surface area contributed by atoms with Crippen molar-refractivity contribution in [3.8, 4) is 0 Å². The molecule has 0 radical (unpaired) electrons. The second kappa shape index (κ2) is 6.49. The fourth-order valence-corrected chi connectivity index (χ4v) is 3.74. The first-order chi connectivity index (χ1) is 9.08. The molecule has 1 atom stereocenters. The largest absolute Gasteiger partial charge is 0.279 e. The normalized spacial score (nSPS) is 21.6. The van der Waals surface area contributed by atoms with Crippen LogP contribution >= 0.6 is 0 Å². The Labute approximate surface area is 115 Å². The maximum Gasteiger partial charge on any atom is 0.279 e. The van der Waals surface area contributed by atoms with Crippen LogP contribution in [0.15, 0.2) is 18.5 Å².